The maximum absolute atomic E-state index is 5.62. The fourth-order valence-electron chi connectivity index (χ4n) is 2.04. The van der Waals surface area contributed by atoms with E-state index < -0.39 is 0 Å². The zero-order valence-electron chi connectivity index (χ0n) is 10.4. The fraction of sp³-hybridized carbons (Fsp3) is 0.214. The molecule has 0 aliphatic carbocycles. The molecule has 0 aromatic carbocycles. The Hall–Kier alpha value is -2.23. The Labute approximate surface area is 105 Å². The second-order valence-electron chi connectivity index (χ2n) is 4.38. The van der Waals surface area contributed by atoms with Gasteiger partial charge in [0, 0.05) is 12.4 Å². The monoisotopic (exact) mass is 241 g/mol. The van der Waals surface area contributed by atoms with Gasteiger partial charge in [-0.25, -0.2) is 4.98 Å². The molecule has 3 aromatic heterocycles. The number of nitrogens with zero attached hydrogens (tertiary/aromatic N) is 2. The van der Waals surface area contributed by atoms with Gasteiger partial charge in [-0.05, 0) is 38.1 Å². The first-order valence-electron chi connectivity index (χ1n) is 5.99. The van der Waals surface area contributed by atoms with Gasteiger partial charge >= 0.3 is 0 Å². The Morgan fingerprint density at radius 1 is 1.28 bits per heavy atom. The summed E-state index contributed by atoms with van der Waals surface area (Å²) < 4.78 is 7.64. The number of aromatic nitrogens is 2. The van der Waals surface area contributed by atoms with E-state index in [4.69, 9.17) is 4.42 Å². The van der Waals surface area contributed by atoms with E-state index in [2.05, 4.69) is 17.2 Å². The van der Waals surface area contributed by atoms with Crippen molar-refractivity contribution in [1.29, 1.82) is 0 Å². The van der Waals surface area contributed by atoms with Crippen molar-refractivity contribution in [3.8, 4) is 0 Å². The summed E-state index contributed by atoms with van der Waals surface area (Å²) in [7, 11) is 0. The van der Waals surface area contributed by atoms with Crippen molar-refractivity contribution in [3.05, 3.63) is 54.2 Å². The zero-order valence-corrected chi connectivity index (χ0v) is 10.4. The molecule has 0 radical (unpaired) electrons. The second kappa shape index (κ2) is 4.22. The highest BCUT2D eigenvalue weighted by Crippen LogP contribution is 2.21. The number of nitrogens with one attached hydrogen (secondary N) is 1. The highest BCUT2D eigenvalue weighted by atomic mass is 16.3. The highest BCUT2D eigenvalue weighted by Gasteiger charge is 2.10. The number of aryl methyl sites for hydroxylation is 1. The minimum atomic E-state index is 0.117. The Morgan fingerprint density at radius 2 is 2.17 bits per heavy atom. The van der Waals surface area contributed by atoms with Gasteiger partial charge in [0.1, 0.15) is 23.0 Å². The summed E-state index contributed by atoms with van der Waals surface area (Å²) in [5, 5.41) is 3.43. The number of hydrogen-bond donors (Lipinski definition) is 1. The van der Waals surface area contributed by atoms with Crippen LogP contribution in [0.5, 0.6) is 0 Å². The summed E-state index contributed by atoms with van der Waals surface area (Å²) in [6, 6.07) is 10.1. The minimum Gasteiger partial charge on any atom is -0.464 e. The zero-order chi connectivity index (χ0) is 12.5. The van der Waals surface area contributed by atoms with Crippen LogP contribution in [0.1, 0.15) is 24.5 Å². The van der Waals surface area contributed by atoms with E-state index in [0.717, 1.165) is 23.0 Å². The summed E-state index contributed by atoms with van der Waals surface area (Å²) >= 11 is 0. The van der Waals surface area contributed by atoms with Crippen LogP contribution < -0.4 is 5.32 Å². The smallest absolute Gasteiger partial charge is 0.138 e. The summed E-state index contributed by atoms with van der Waals surface area (Å²) in [5.74, 6) is 2.87. The van der Waals surface area contributed by atoms with Crippen molar-refractivity contribution in [2.24, 2.45) is 0 Å². The van der Waals surface area contributed by atoms with Crippen LogP contribution in [0.3, 0.4) is 0 Å². The van der Waals surface area contributed by atoms with E-state index >= 15 is 0 Å². The van der Waals surface area contributed by atoms with E-state index in [9.17, 15) is 0 Å². The van der Waals surface area contributed by atoms with Crippen LogP contribution in [-0.2, 0) is 0 Å². The molecule has 18 heavy (non-hydrogen) atoms. The third-order valence-electron chi connectivity index (χ3n) is 2.98. The SMILES string of the molecule is Cc1ccc(C(C)Nc2cccc3nccn23)o1. The van der Waals surface area contributed by atoms with Crippen molar-refractivity contribution in [3.63, 3.8) is 0 Å². The summed E-state index contributed by atoms with van der Waals surface area (Å²) in [5.41, 5.74) is 0.933. The van der Waals surface area contributed by atoms with E-state index in [1.165, 1.54) is 0 Å². The van der Waals surface area contributed by atoms with Crippen molar-refractivity contribution in [1.82, 2.24) is 9.38 Å². The lowest BCUT2D eigenvalue weighted by atomic mass is 10.2. The molecular formula is C14H15N3O. The molecule has 0 saturated carbocycles. The lowest BCUT2D eigenvalue weighted by Gasteiger charge is -2.14. The first-order chi connectivity index (χ1) is 8.74. The van der Waals surface area contributed by atoms with Crippen molar-refractivity contribution in [2.45, 2.75) is 19.9 Å². The van der Waals surface area contributed by atoms with Crippen molar-refractivity contribution < 1.29 is 4.42 Å². The van der Waals surface area contributed by atoms with Gasteiger partial charge in [-0.1, -0.05) is 6.07 Å². The number of hydrogen-bond acceptors (Lipinski definition) is 3. The van der Waals surface area contributed by atoms with Gasteiger partial charge in [0.05, 0.1) is 6.04 Å². The lowest BCUT2D eigenvalue weighted by molar-refractivity contribution is 0.466. The molecule has 0 aliphatic rings. The molecule has 3 rings (SSSR count). The summed E-state index contributed by atoms with van der Waals surface area (Å²) in [6.45, 7) is 4.03. The molecule has 4 heteroatoms. The third-order valence-corrected chi connectivity index (χ3v) is 2.98. The average molecular weight is 241 g/mol. The van der Waals surface area contributed by atoms with Crippen LogP contribution in [0.15, 0.2) is 47.1 Å². The Kier molecular flexibility index (Phi) is 2.55. The van der Waals surface area contributed by atoms with Crippen LogP contribution in [0.2, 0.25) is 0 Å². The fourth-order valence-corrected chi connectivity index (χ4v) is 2.04. The quantitative estimate of drug-likeness (QED) is 0.764. The van der Waals surface area contributed by atoms with Crippen molar-refractivity contribution >= 4 is 11.5 Å². The minimum absolute atomic E-state index is 0.117. The molecule has 3 heterocycles. The molecule has 1 atom stereocenters. The Bertz CT molecular complexity index is 668. The van der Waals surface area contributed by atoms with E-state index in [1.807, 2.05) is 47.9 Å². The third kappa shape index (κ3) is 1.86. The average Bonchev–Trinajstić information content (AvgIpc) is 2.97. The Balaban J connectivity index is 1.90. The number of anilines is 1. The number of fused-ring (bicyclic) bond motifs is 1. The summed E-state index contributed by atoms with van der Waals surface area (Å²) in [6.07, 6.45) is 3.74. The van der Waals surface area contributed by atoms with Gasteiger partial charge in [-0.15, -0.1) is 0 Å². The maximum atomic E-state index is 5.62. The van der Waals surface area contributed by atoms with Crippen LogP contribution >= 0.6 is 0 Å². The molecule has 0 saturated heterocycles. The molecule has 1 N–H and O–H groups in total. The molecular weight excluding hydrogens is 226 g/mol. The molecule has 0 amide bonds. The molecule has 92 valence electrons. The van der Waals surface area contributed by atoms with E-state index in [1.54, 1.807) is 6.20 Å². The normalized spacial score (nSPS) is 12.8. The van der Waals surface area contributed by atoms with Crippen molar-refractivity contribution in [2.75, 3.05) is 5.32 Å². The number of imidazole rings is 1. The molecule has 0 aliphatic heterocycles. The molecule has 0 bridgehead atoms. The maximum Gasteiger partial charge on any atom is 0.138 e. The molecule has 3 aromatic rings. The largest absolute Gasteiger partial charge is 0.464 e. The number of furan rings is 1. The van der Waals surface area contributed by atoms with Gasteiger partial charge in [-0.3, -0.25) is 4.40 Å². The van der Waals surface area contributed by atoms with E-state index in [-0.39, 0.29) is 6.04 Å². The van der Waals surface area contributed by atoms with Gasteiger partial charge in [0.15, 0.2) is 0 Å². The van der Waals surface area contributed by atoms with Crippen LogP contribution in [-0.4, -0.2) is 9.38 Å². The summed E-state index contributed by atoms with van der Waals surface area (Å²) in [4.78, 5) is 4.26. The topological polar surface area (TPSA) is 42.5 Å². The van der Waals surface area contributed by atoms with Gasteiger partial charge < -0.3 is 9.73 Å². The molecule has 1 unspecified atom stereocenters. The molecule has 4 nitrogen and oxygen atoms in total. The standard InChI is InChI=1S/C14H15N3O/c1-10-6-7-12(18-10)11(2)16-14-5-3-4-13-15-8-9-17(13)14/h3-9,11,16H,1-2H3. The predicted octanol–water partition coefficient (Wildman–Crippen LogP) is 3.41. The van der Waals surface area contributed by atoms with Gasteiger partial charge in [0.2, 0.25) is 0 Å². The van der Waals surface area contributed by atoms with Crippen LogP contribution in [0.25, 0.3) is 5.65 Å². The molecule has 0 fully saturated rings. The number of rotatable bonds is 3. The van der Waals surface area contributed by atoms with E-state index in [0.29, 0.717) is 0 Å². The van der Waals surface area contributed by atoms with Crippen LogP contribution in [0.4, 0.5) is 5.82 Å². The number of pyridine rings is 1. The van der Waals surface area contributed by atoms with Gasteiger partial charge in [-0.2, -0.15) is 0 Å². The molecule has 0 spiro atoms. The lowest BCUT2D eigenvalue weighted by Crippen LogP contribution is -2.08. The van der Waals surface area contributed by atoms with Gasteiger partial charge in [0.25, 0.3) is 0 Å². The predicted molar refractivity (Wildman–Crippen MR) is 70.7 cm³/mol. The Morgan fingerprint density at radius 3 is 2.94 bits per heavy atom. The second-order valence-corrected chi connectivity index (χ2v) is 4.38. The first kappa shape index (κ1) is 10.9. The highest BCUT2D eigenvalue weighted by molar-refractivity contribution is 5.50. The first-order valence-corrected chi connectivity index (χ1v) is 5.99. The van der Waals surface area contributed by atoms with Crippen LogP contribution in [0, 0.1) is 6.92 Å².